The smallest absolute Gasteiger partial charge is 0.259 e. The van der Waals surface area contributed by atoms with Crippen LogP contribution in [-0.2, 0) is 12.8 Å². The molecule has 0 atom stereocenters. The zero-order valence-corrected chi connectivity index (χ0v) is 12.7. The van der Waals surface area contributed by atoms with Crippen molar-refractivity contribution in [2.24, 2.45) is 5.84 Å². The summed E-state index contributed by atoms with van der Waals surface area (Å²) in [5.41, 5.74) is 5.90. The number of nitrogens with zero attached hydrogens (tertiary/aromatic N) is 1. The number of hydrogen-bond donors (Lipinski definition) is 3. The van der Waals surface area contributed by atoms with Crippen LogP contribution in [0.4, 0.5) is 10.8 Å². The first-order valence-electron chi connectivity index (χ1n) is 7.04. The van der Waals surface area contributed by atoms with E-state index in [2.05, 4.69) is 15.7 Å². The van der Waals surface area contributed by atoms with Crippen LogP contribution in [-0.4, -0.2) is 10.9 Å². The highest BCUT2D eigenvalue weighted by molar-refractivity contribution is 7.15. The van der Waals surface area contributed by atoms with Crippen molar-refractivity contribution < 1.29 is 4.79 Å². The van der Waals surface area contributed by atoms with Crippen LogP contribution in [0, 0.1) is 6.92 Å². The molecule has 0 spiro atoms. The van der Waals surface area contributed by atoms with Crippen molar-refractivity contribution >= 4 is 28.1 Å². The van der Waals surface area contributed by atoms with Gasteiger partial charge in [-0.05, 0) is 50.3 Å². The number of aryl methyl sites for hydroxylation is 3. The van der Waals surface area contributed by atoms with Crippen molar-refractivity contribution in [3.8, 4) is 0 Å². The Kier molecular flexibility index (Phi) is 3.90. The van der Waals surface area contributed by atoms with E-state index in [4.69, 9.17) is 5.84 Å². The molecule has 110 valence electrons. The quantitative estimate of drug-likeness (QED) is 0.601. The summed E-state index contributed by atoms with van der Waals surface area (Å²) in [6, 6.07) is 5.51. The van der Waals surface area contributed by atoms with E-state index in [1.807, 2.05) is 19.1 Å². The van der Waals surface area contributed by atoms with Crippen molar-refractivity contribution in [1.29, 1.82) is 0 Å². The summed E-state index contributed by atoms with van der Waals surface area (Å²) in [5.74, 6) is 5.30. The summed E-state index contributed by atoms with van der Waals surface area (Å²) in [6.45, 7) is 1.96. The van der Waals surface area contributed by atoms with Gasteiger partial charge in [0, 0.05) is 4.88 Å². The minimum atomic E-state index is -0.186. The highest BCUT2D eigenvalue weighted by atomic mass is 32.1. The number of carbonyl (C=O) groups is 1. The van der Waals surface area contributed by atoms with Gasteiger partial charge in [0.15, 0.2) is 5.13 Å². The monoisotopic (exact) mass is 302 g/mol. The van der Waals surface area contributed by atoms with E-state index in [-0.39, 0.29) is 5.91 Å². The van der Waals surface area contributed by atoms with Crippen LogP contribution >= 0.6 is 11.3 Å². The Balaban J connectivity index is 1.81. The average molecular weight is 302 g/mol. The summed E-state index contributed by atoms with van der Waals surface area (Å²) in [5, 5.41) is 3.56. The molecule has 6 heteroatoms. The SMILES string of the molecule is Cc1ccc(C(=O)Nc2nc3c(s2)CCCC3)c(NN)c1. The maximum Gasteiger partial charge on any atom is 0.259 e. The summed E-state index contributed by atoms with van der Waals surface area (Å²) in [7, 11) is 0. The molecule has 21 heavy (non-hydrogen) atoms. The molecule has 5 nitrogen and oxygen atoms in total. The molecular formula is C15H18N4OS. The van der Waals surface area contributed by atoms with Gasteiger partial charge < -0.3 is 5.43 Å². The lowest BCUT2D eigenvalue weighted by atomic mass is 10.0. The second-order valence-corrected chi connectivity index (χ2v) is 6.33. The zero-order chi connectivity index (χ0) is 14.8. The van der Waals surface area contributed by atoms with E-state index in [1.165, 1.54) is 17.7 Å². The molecule has 0 saturated heterocycles. The van der Waals surface area contributed by atoms with Gasteiger partial charge in [0.25, 0.3) is 5.91 Å². The molecule has 4 N–H and O–H groups in total. The Morgan fingerprint density at radius 2 is 2.14 bits per heavy atom. The van der Waals surface area contributed by atoms with Crippen molar-refractivity contribution in [2.45, 2.75) is 32.6 Å². The first kappa shape index (κ1) is 14.0. The number of fused-ring (bicyclic) bond motifs is 1. The lowest BCUT2D eigenvalue weighted by Crippen LogP contribution is -2.17. The summed E-state index contributed by atoms with van der Waals surface area (Å²) >= 11 is 1.58. The van der Waals surface area contributed by atoms with Crippen LogP contribution in [0.3, 0.4) is 0 Å². The first-order valence-corrected chi connectivity index (χ1v) is 7.86. The van der Waals surface area contributed by atoms with Crippen LogP contribution in [0.2, 0.25) is 0 Å². The van der Waals surface area contributed by atoms with Crippen LogP contribution < -0.4 is 16.6 Å². The molecule has 1 aliphatic carbocycles. The molecule has 0 aliphatic heterocycles. The molecule has 1 amide bonds. The number of hydrogen-bond acceptors (Lipinski definition) is 5. The molecule has 1 heterocycles. The van der Waals surface area contributed by atoms with Crippen LogP contribution in [0.1, 0.15) is 39.3 Å². The van der Waals surface area contributed by atoms with Gasteiger partial charge in [-0.3, -0.25) is 16.0 Å². The first-order chi connectivity index (χ1) is 10.2. The maximum absolute atomic E-state index is 12.4. The largest absolute Gasteiger partial charge is 0.323 e. The number of nitrogens with one attached hydrogen (secondary N) is 2. The normalized spacial score (nSPS) is 13.6. The highest BCUT2D eigenvalue weighted by Gasteiger charge is 2.18. The molecule has 3 rings (SSSR count). The van der Waals surface area contributed by atoms with E-state index < -0.39 is 0 Å². The fourth-order valence-electron chi connectivity index (χ4n) is 2.55. The minimum Gasteiger partial charge on any atom is -0.323 e. The van der Waals surface area contributed by atoms with Gasteiger partial charge >= 0.3 is 0 Å². The third-order valence-corrected chi connectivity index (χ3v) is 4.71. The predicted octanol–water partition coefficient (Wildman–Crippen LogP) is 2.87. The Labute approximate surface area is 127 Å². The fraction of sp³-hybridized carbons (Fsp3) is 0.333. The molecular weight excluding hydrogens is 284 g/mol. The number of carbonyl (C=O) groups excluding carboxylic acids is 1. The Morgan fingerprint density at radius 1 is 1.33 bits per heavy atom. The van der Waals surface area contributed by atoms with Crippen molar-refractivity contribution in [1.82, 2.24) is 4.98 Å². The maximum atomic E-state index is 12.4. The van der Waals surface area contributed by atoms with Gasteiger partial charge in [-0.15, -0.1) is 11.3 Å². The van der Waals surface area contributed by atoms with Gasteiger partial charge in [0.1, 0.15) is 0 Å². The lowest BCUT2D eigenvalue weighted by molar-refractivity contribution is 0.102. The van der Waals surface area contributed by atoms with Gasteiger partial charge in [-0.1, -0.05) is 6.07 Å². The van der Waals surface area contributed by atoms with E-state index in [9.17, 15) is 4.79 Å². The van der Waals surface area contributed by atoms with Gasteiger partial charge in [-0.25, -0.2) is 4.98 Å². The number of amides is 1. The average Bonchev–Trinajstić information content (AvgIpc) is 2.88. The number of benzene rings is 1. The Hall–Kier alpha value is -1.92. The standard InChI is InChI=1S/C15H18N4OS/c1-9-6-7-10(12(8-9)19-16)14(20)18-15-17-11-4-2-3-5-13(11)21-15/h6-8,19H,2-5,16H2,1H3,(H,17,18,20). The topological polar surface area (TPSA) is 80.0 Å². The number of thiazole rings is 1. The summed E-state index contributed by atoms with van der Waals surface area (Å²) in [6.07, 6.45) is 4.48. The number of nitrogen functional groups attached to an aromatic ring is 1. The summed E-state index contributed by atoms with van der Waals surface area (Å²) < 4.78 is 0. The zero-order valence-electron chi connectivity index (χ0n) is 11.9. The third-order valence-electron chi connectivity index (χ3n) is 3.64. The second kappa shape index (κ2) is 5.83. The third kappa shape index (κ3) is 2.91. The second-order valence-electron chi connectivity index (χ2n) is 5.24. The molecule has 1 aliphatic rings. The molecule has 0 bridgehead atoms. The van der Waals surface area contributed by atoms with Crippen molar-refractivity contribution in [3.05, 3.63) is 39.9 Å². The summed E-state index contributed by atoms with van der Waals surface area (Å²) in [4.78, 5) is 18.2. The van der Waals surface area contributed by atoms with Crippen molar-refractivity contribution in [2.75, 3.05) is 10.7 Å². The van der Waals surface area contributed by atoms with Gasteiger partial charge in [0.2, 0.25) is 0 Å². The fourth-order valence-corrected chi connectivity index (χ4v) is 3.59. The molecule has 0 unspecified atom stereocenters. The molecule has 0 radical (unpaired) electrons. The van der Waals surface area contributed by atoms with Crippen LogP contribution in [0.25, 0.3) is 0 Å². The molecule has 1 aromatic carbocycles. The highest BCUT2D eigenvalue weighted by Crippen LogP contribution is 2.30. The van der Waals surface area contributed by atoms with Gasteiger partial charge in [0.05, 0.1) is 16.9 Å². The van der Waals surface area contributed by atoms with Crippen LogP contribution in [0.15, 0.2) is 18.2 Å². The molecule has 1 aromatic heterocycles. The van der Waals surface area contributed by atoms with Crippen LogP contribution in [0.5, 0.6) is 0 Å². The van der Waals surface area contributed by atoms with Gasteiger partial charge in [-0.2, -0.15) is 0 Å². The predicted molar refractivity (Wildman–Crippen MR) is 85.7 cm³/mol. The van der Waals surface area contributed by atoms with Crippen molar-refractivity contribution in [3.63, 3.8) is 0 Å². The molecule has 2 aromatic rings. The van der Waals surface area contributed by atoms with E-state index in [0.29, 0.717) is 16.4 Å². The Bertz CT molecular complexity index is 657. The molecule has 0 fully saturated rings. The van der Waals surface area contributed by atoms with E-state index >= 15 is 0 Å². The molecule has 0 saturated carbocycles. The number of rotatable bonds is 3. The minimum absolute atomic E-state index is 0.186. The number of aromatic nitrogens is 1. The Morgan fingerprint density at radius 3 is 2.90 bits per heavy atom. The number of anilines is 2. The number of nitrogens with two attached hydrogens (primary N) is 1. The van der Waals surface area contributed by atoms with E-state index in [0.717, 1.165) is 24.1 Å². The number of hydrazine groups is 1. The lowest BCUT2D eigenvalue weighted by Gasteiger charge is -2.09. The van der Waals surface area contributed by atoms with E-state index in [1.54, 1.807) is 17.4 Å².